The van der Waals surface area contributed by atoms with Crippen LogP contribution in [0, 0.1) is 11.8 Å². The highest BCUT2D eigenvalue weighted by Crippen LogP contribution is 2.28. The standard InChI is InChI=1S/C22H32N4O5S2/c1-11(2)8-13(18-25-15(10-32-18)20(28)29)23-17(27)14-9-33-19(24-14)16(12(3)4)26-21(30)31-22(5,6)7/h9-13,16H,8H2,1-7H3,(H,23,27)(H,26,30)(H,28,29)/t13-,16+/m1/s1. The number of aromatic carboxylic acids is 1. The van der Waals surface area contributed by atoms with Gasteiger partial charge in [0.25, 0.3) is 5.91 Å². The maximum atomic E-state index is 12.9. The third-order valence-corrected chi connectivity index (χ3v) is 6.30. The van der Waals surface area contributed by atoms with Gasteiger partial charge in [-0.3, -0.25) is 4.79 Å². The molecule has 2 heterocycles. The average molecular weight is 497 g/mol. The van der Waals surface area contributed by atoms with Crippen LogP contribution < -0.4 is 10.6 Å². The predicted molar refractivity (Wildman–Crippen MR) is 128 cm³/mol. The number of carboxylic acids is 1. The smallest absolute Gasteiger partial charge is 0.408 e. The molecule has 2 aromatic heterocycles. The molecule has 2 rings (SSSR count). The minimum absolute atomic E-state index is 0.0260. The Bertz CT molecular complexity index is 978. The first-order valence-corrected chi connectivity index (χ1v) is 12.5. The van der Waals surface area contributed by atoms with E-state index >= 15 is 0 Å². The van der Waals surface area contributed by atoms with Crippen LogP contribution in [0.5, 0.6) is 0 Å². The van der Waals surface area contributed by atoms with Gasteiger partial charge in [-0.2, -0.15) is 0 Å². The number of rotatable bonds is 9. The van der Waals surface area contributed by atoms with Crippen molar-refractivity contribution in [2.45, 2.75) is 72.6 Å². The molecular weight excluding hydrogens is 464 g/mol. The number of nitrogens with one attached hydrogen (secondary N) is 2. The fourth-order valence-electron chi connectivity index (χ4n) is 2.95. The number of aromatic nitrogens is 2. The van der Waals surface area contributed by atoms with Gasteiger partial charge in [-0.05, 0) is 39.0 Å². The minimum atomic E-state index is -1.10. The maximum Gasteiger partial charge on any atom is 0.408 e. The summed E-state index contributed by atoms with van der Waals surface area (Å²) >= 11 is 2.49. The molecule has 0 aliphatic rings. The Kier molecular flexibility index (Phi) is 8.96. The monoisotopic (exact) mass is 496 g/mol. The number of nitrogens with zero attached hydrogens (tertiary/aromatic N) is 2. The van der Waals surface area contributed by atoms with Crippen molar-refractivity contribution in [2.24, 2.45) is 11.8 Å². The molecule has 3 N–H and O–H groups in total. The van der Waals surface area contributed by atoms with E-state index in [1.165, 1.54) is 28.1 Å². The second-order valence-electron chi connectivity index (χ2n) is 9.47. The Labute approximate surface area is 202 Å². The topological polar surface area (TPSA) is 131 Å². The molecule has 0 saturated carbocycles. The Morgan fingerprint density at radius 2 is 1.58 bits per heavy atom. The molecular formula is C22H32N4O5S2. The first kappa shape index (κ1) is 26.7. The summed E-state index contributed by atoms with van der Waals surface area (Å²) in [6.45, 7) is 13.3. The third kappa shape index (κ3) is 8.08. The molecule has 0 aromatic carbocycles. The predicted octanol–water partition coefficient (Wildman–Crippen LogP) is 5.04. The number of thiazole rings is 2. The van der Waals surface area contributed by atoms with Crippen LogP contribution >= 0.6 is 22.7 Å². The molecule has 11 heteroatoms. The normalized spacial score (nSPS) is 13.6. The van der Waals surface area contributed by atoms with Gasteiger partial charge in [-0.15, -0.1) is 22.7 Å². The minimum Gasteiger partial charge on any atom is -0.476 e. The Balaban J connectivity index is 2.17. The van der Waals surface area contributed by atoms with Crippen molar-refractivity contribution in [1.29, 1.82) is 0 Å². The molecule has 182 valence electrons. The molecule has 2 atom stereocenters. The van der Waals surface area contributed by atoms with Crippen LogP contribution in [-0.2, 0) is 4.74 Å². The molecule has 0 aliphatic carbocycles. The lowest BCUT2D eigenvalue weighted by atomic mass is 10.0. The molecule has 9 nitrogen and oxygen atoms in total. The molecule has 0 unspecified atom stereocenters. The maximum absolute atomic E-state index is 12.9. The number of carbonyl (C=O) groups is 3. The highest BCUT2D eigenvalue weighted by atomic mass is 32.1. The van der Waals surface area contributed by atoms with Crippen LogP contribution in [0.3, 0.4) is 0 Å². The molecule has 2 amide bonds. The SMILES string of the molecule is CC(C)C[C@@H](NC(=O)c1csc([C@@H](NC(=O)OC(C)(C)C)C(C)C)n1)c1nc(C(=O)O)cs1. The Morgan fingerprint density at radius 3 is 2.09 bits per heavy atom. The van der Waals surface area contributed by atoms with Crippen molar-refractivity contribution in [3.8, 4) is 0 Å². The van der Waals surface area contributed by atoms with Crippen LogP contribution in [0.25, 0.3) is 0 Å². The highest BCUT2D eigenvalue weighted by Gasteiger charge is 2.27. The second-order valence-corrected chi connectivity index (χ2v) is 11.2. The van der Waals surface area contributed by atoms with Gasteiger partial charge < -0.3 is 20.5 Å². The number of ether oxygens (including phenoxy) is 1. The van der Waals surface area contributed by atoms with Gasteiger partial charge >= 0.3 is 12.1 Å². The van der Waals surface area contributed by atoms with E-state index in [0.717, 1.165) is 0 Å². The molecule has 0 radical (unpaired) electrons. The van der Waals surface area contributed by atoms with Crippen molar-refractivity contribution in [1.82, 2.24) is 20.6 Å². The number of carbonyl (C=O) groups excluding carboxylic acids is 2. The molecule has 0 saturated heterocycles. The summed E-state index contributed by atoms with van der Waals surface area (Å²) in [6, 6.07) is -0.837. The number of amides is 2. The zero-order chi connectivity index (χ0) is 24.9. The van der Waals surface area contributed by atoms with Crippen LogP contribution in [0.4, 0.5) is 4.79 Å². The lowest BCUT2D eigenvalue weighted by Crippen LogP contribution is -2.37. The van der Waals surface area contributed by atoms with E-state index in [1.54, 1.807) is 26.2 Å². The van der Waals surface area contributed by atoms with Gasteiger partial charge in [0.05, 0.1) is 12.1 Å². The molecule has 0 spiro atoms. The summed E-state index contributed by atoms with van der Waals surface area (Å²) < 4.78 is 5.35. The van der Waals surface area contributed by atoms with Crippen molar-refractivity contribution < 1.29 is 24.2 Å². The lowest BCUT2D eigenvalue weighted by Gasteiger charge is -2.24. The summed E-state index contributed by atoms with van der Waals surface area (Å²) in [5, 5.41) is 19.2. The van der Waals surface area contributed by atoms with E-state index in [0.29, 0.717) is 16.4 Å². The number of alkyl carbamates (subject to hydrolysis) is 1. The van der Waals surface area contributed by atoms with E-state index in [4.69, 9.17) is 9.84 Å². The first-order chi connectivity index (χ1) is 15.3. The molecule has 2 aromatic rings. The summed E-state index contributed by atoms with van der Waals surface area (Å²) in [7, 11) is 0. The quantitative estimate of drug-likeness (QED) is 0.443. The molecule has 0 aliphatic heterocycles. The van der Waals surface area contributed by atoms with Gasteiger partial charge in [0.2, 0.25) is 0 Å². The number of carboxylic acid groups (broad SMARTS) is 1. The van der Waals surface area contributed by atoms with Crippen molar-refractivity contribution in [3.63, 3.8) is 0 Å². The van der Waals surface area contributed by atoms with Crippen molar-refractivity contribution in [3.05, 3.63) is 32.2 Å². The van der Waals surface area contributed by atoms with Gasteiger partial charge in [0.1, 0.15) is 21.3 Å². The Morgan fingerprint density at radius 1 is 1.00 bits per heavy atom. The number of hydrogen-bond donors (Lipinski definition) is 3. The third-order valence-electron chi connectivity index (χ3n) is 4.41. The van der Waals surface area contributed by atoms with Gasteiger partial charge in [-0.1, -0.05) is 27.7 Å². The zero-order valence-corrected chi connectivity index (χ0v) is 21.6. The van der Waals surface area contributed by atoms with E-state index in [9.17, 15) is 14.4 Å². The fourth-order valence-corrected chi connectivity index (χ4v) is 4.83. The number of hydrogen-bond acceptors (Lipinski definition) is 8. The lowest BCUT2D eigenvalue weighted by molar-refractivity contribution is 0.0489. The van der Waals surface area contributed by atoms with Crippen molar-refractivity contribution in [2.75, 3.05) is 0 Å². The van der Waals surface area contributed by atoms with Gasteiger partial charge in [0.15, 0.2) is 5.69 Å². The Hall–Kier alpha value is -2.53. The molecule has 33 heavy (non-hydrogen) atoms. The van der Waals surface area contributed by atoms with Crippen LogP contribution in [0.1, 0.15) is 98.0 Å². The van der Waals surface area contributed by atoms with Gasteiger partial charge in [0, 0.05) is 10.8 Å². The molecule has 0 bridgehead atoms. The van der Waals surface area contributed by atoms with Crippen molar-refractivity contribution >= 4 is 40.6 Å². The van der Waals surface area contributed by atoms with E-state index < -0.39 is 29.7 Å². The van der Waals surface area contributed by atoms with Crippen LogP contribution in [-0.4, -0.2) is 38.6 Å². The summed E-state index contributed by atoms with van der Waals surface area (Å²) in [5.41, 5.74) is -0.432. The average Bonchev–Trinajstić information content (AvgIpc) is 3.33. The second kappa shape index (κ2) is 11.1. The van der Waals surface area contributed by atoms with Gasteiger partial charge in [-0.25, -0.2) is 19.6 Å². The van der Waals surface area contributed by atoms with Crippen LogP contribution in [0.15, 0.2) is 10.8 Å². The largest absolute Gasteiger partial charge is 0.476 e. The zero-order valence-electron chi connectivity index (χ0n) is 20.0. The van der Waals surface area contributed by atoms with E-state index in [-0.39, 0.29) is 29.1 Å². The summed E-state index contributed by atoms with van der Waals surface area (Å²) in [5.74, 6) is -1.21. The first-order valence-electron chi connectivity index (χ1n) is 10.7. The van der Waals surface area contributed by atoms with E-state index in [1.807, 2.05) is 27.7 Å². The van der Waals surface area contributed by atoms with E-state index in [2.05, 4.69) is 20.6 Å². The van der Waals surface area contributed by atoms with Crippen LogP contribution in [0.2, 0.25) is 0 Å². The molecule has 0 fully saturated rings. The summed E-state index contributed by atoms with van der Waals surface area (Å²) in [4.78, 5) is 45.0. The fraction of sp³-hybridized carbons (Fsp3) is 0.591. The summed E-state index contributed by atoms with van der Waals surface area (Å²) in [6.07, 6.45) is 0.0572. The highest BCUT2D eigenvalue weighted by molar-refractivity contribution is 7.10.